The molecule has 30 heavy (non-hydrogen) atoms. The Kier molecular flexibility index (Phi) is 6.51. The lowest BCUT2D eigenvalue weighted by Gasteiger charge is -2.30. The Morgan fingerprint density at radius 3 is 2.97 bits per heavy atom. The van der Waals surface area contributed by atoms with Crippen LogP contribution in [-0.2, 0) is 11.3 Å². The summed E-state index contributed by atoms with van der Waals surface area (Å²) in [5.74, 6) is 1.07. The number of nitrogens with one attached hydrogen (secondary N) is 1. The molecular weight excluding hydrogens is 468 g/mol. The third kappa shape index (κ3) is 4.91. The van der Waals surface area contributed by atoms with Crippen molar-refractivity contribution in [2.24, 2.45) is 5.92 Å². The van der Waals surface area contributed by atoms with Gasteiger partial charge in [0.15, 0.2) is 0 Å². The fraction of sp³-hybridized carbons (Fsp3) is 0.318. The normalized spacial score (nSPS) is 17.1. The zero-order chi connectivity index (χ0) is 21.1. The van der Waals surface area contributed by atoms with E-state index in [1.54, 1.807) is 6.07 Å². The monoisotopic (exact) mass is 488 g/mol. The number of benzene rings is 2. The molecule has 1 N–H and O–H groups in total. The highest BCUT2D eigenvalue weighted by Gasteiger charge is 2.27. The summed E-state index contributed by atoms with van der Waals surface area (Å²) in [6, 6.07) is 13.4. The second kappa shape index (κ2) is 9.29. The van der Waals surface area contributed by atoms with Crippen molar-refractivity contribution in [1.29, 1.82) is 0 Å². The Bertz CT molecular complexity index is 1060. The van der Waals surface area contributed by atoms with Crippen LogP contribution in [0, 0.1) is 12.8 Å². The molecule has 1 unspecified atom stereocenters. The maximum absolute atomic E-state index is 12.7. The van der Waals surface area contributed by atoms with Gasteiger partial charge in [-0.15, -0.1) is 0 Å². The minimum atomic E-state index is -0.0973. The number of aryl methyl sites for hydroxylation is 1. The van der Waals surface area contributed by atoms with Gasteiger partial charge in [0.2, 0.25) is 17.6 Å². The van der Waals surface area contributed by atoms with Crippen LogP contribution in [0.15, 0.2) is 51.5 Å². The molecule has 1 aliphatic heterocycles. The smallest absolute Gasteiger partial charge is 0.241 e. The van der Waals surface area contributed by atoms with Crippen LogP contribution in [0.3, 0.4) is 0 Å². The van der Waals surface area contributed by atoms with Gasteiger partial charge in [0.25, 0.3) is 0 Å². The van der Waals surface area contributed by atoms with Crippen LogP contribution in [0.4, 0.5) is 5.69 Å². The summed E-state index contributed by atoms with van der Waals surface area (Å²) >= 11 is 9.48. The molecule has 2 aromatic carbocycles. The Hall–Kier alpha value is -2.22. The number of hydrogen-bond acceptors (Lipinski definition) is 5. The van der Waals surface area contributed by atoms with Crippen LogP contribution >= 0.6 is 27.5 Å². The quantitative estimate of drug-likeness (QED) is 0.526. The highest BCUT2D eigenvalue weighted by Crippen LogP contribution is 2.27. The third-order valence-electron chi connectivity index (χ3n) is 5.28. The van der Waals surface area contributed by atoms with Crippen LogP contribution in [-0.4, -0.2) is 34.0 Å². The number of likely N-dealkylation sites (tertiary alicyclic amines) is 1. The number of amides is 1. The number of carbonyl (C=O) groups is 1. The summed E-state index contributed by atoms with van der Waals surface area (Å²) in [6.07, 6.45) is 1.79. The van der Waals surface area contributed by atoms with Crippen molar-refractivity contribution in [3.8, 4) is 11.4 Å². The van der Waals surface area contributed by atoms with Gasteiger partial charge in [0.05, 0.1) is 17.5 Å². The van der Waals surface area contributed by atoms with Gasteiger partial charge in [-0.3, -0.25) is 9.69 Å². The van der Waals surface area contributed by atoms with E-state index in [1.165, 1.54) is 0 Å². The third-order valence-corrected chi connectivity index (χ3v) is 6.51. The van der Waals surface area contributed by atoms with Gasteiger partial charge < -0.3 is 9.84 Å². The van der Waals surface area contributed by atoms with Gasteiger partial charge in [-0.25, -0.2) is 0 Å². The lowest BCUT2D eigenvalue weighted by molar-refractivity contribution is -0.121. The Morgan fingerprint density at radius 2 is 2.17 bits per heavy atom. The molecule has 0 saturated carbocycles. The SMILES string of the molecule is Cc1ccccc1-c1noc(CN2CCCC(C(=O)Nc3ccc(Br)c(Cl)c3)C2)n1. The molecule has 1 aromatic heterocycles. The van der Waals surface area contributed by atoms with Crippen LogP contribution in [0.1, 0.15) is 24.3 Å². The predicted molar refractivity (Wildman–Crippen MR) is 120 cm³/mol. The Morgan fingerprint density at radius 1 is 1.33 bits per heavy atom. The molecule has 0 radical (unpaired) electrons. The molecule has 1 saturated heterocycles. The Balaban J connectivity index is 1.38. The number of nitrogens with zero attached hydrogens (tertiary/aromatic N) is 3. The van der Waals surface area contributed by atoms with E-state index in [9.17, 15) is 4.79 Å². The first-order valence-corrected chi connectivity index (χ1v) is 11.0. The van der Waals surface area contributed by atoms with E-state index < -0.39 is 0 Å². The first kappa shape index (κ1) is 21.0. The molecule has 0 bridgehead atoms. The average Bonchev–Trinajstić information content (AvgIpc) is 3.19. The summed E-state index contributed by atoms with van der Waals surface area (Å²) in [6.45, 7) is 4.11. The molecule has 3 aromatic rings. The lowest BCUT2D eigenvalue weighted by atomic mass is 9.97. The standard InChI is InChI=1S/C22H22BrClN4O2/c1-14-5-2-3-7-17(14)21-26-20(30-27-21)13-28-10-4-6-15(12-28)22(29)25-16-8-9-18(23)19(24)11-16/h2-3,5,7-9,11,15H,4,6,10,12-13H2,1H3,(H,25,29). The van der Waals surface area contributed by atoms with E-state index in [0.717, 1.165) is 35.0 Å². The molecular formula is C22H22BrClN4O2. The molecule has 1 atom stereocenters. The topological polar surface area (TPSA) is 71.3 Å². The van der Waals surface area contributed by atoms with E-state index >= 15 is 0 Å². The number of halogens is 2. The second-order valence-corrected chi connectivity index (χ2v) is 8.78. The van der Waals surface area contributed by atoms with Crippen LogP contribution in [0.25, 0.3) is 11.4 Å². The molecule has 1 aliphatic rings. The van der Waals surface area contributed by atoms with Crippen molar-refractivity contribution >= 4 is 39.1 Å². The summed E-state index contributed by atoms with van der Waals surface area (Å²) in [4.78, 5) is 19.5. The van der Waals surface area contributed by atoms with Gasteiger partial charge in [-0.05, 0) is 66.0 Å². The number of hydrogen-bond donors (Lipinski definition) is 1. The molecule has 156 valence electrons. The molecule has 0 aliphatic carbocycles. The summed E-state index contributed by atoms with van der Waals surface area (Å²) in [7, 11) is 0. The number of anilines is 1. The fourth-order valence-electron chi connectivity index (χ4n) is 3.67. The maximum Gasteiger partial charge on any atom is 0.241 e. The lowest BCUT2D eigenvalue weighted by Crippen LogP contribution is -2.40. The van der Waals surface area contributed by atoms with Crippen molar-refractivity contribution < 1.29 is 9.32 Å². The van der Waals surface area contributed by atoms with Crippen molar-refractivity contribution in [3.63, 3.8) is 0 Å². The minimum absolute atomic E-state index is 0.00391. The van der Waals surface area contributed by atoms with Gasteiger partial charge in [0, 0.05) is 22.3 Å². The van der Waals surface area contributed by atoms with Crippen LogP contribution in [0.2, 0.25) is 5.02 Å². The molecule has 2 heterocycles. The first-order chi connectivity index (χ1) is 14.5. The van der Waals surface area contributed by atoms with Gasteiger partial charge in [0.1, 0.15) is 0 Å². The van der Waals surface area contributed by atoms with E-state index in [1.807, 2.05) is 43.3 Å². The maximum atomic E-state index is 12.7. The van der Waals surface area contributed by atoms with E-state index in [0.29, 0.717) is 35.5 Å². The zero-order valence-corrected chi connectivity index (χ0v) is 18.9. The molecule has 1 fully saturated rings. The highest BCUT2D eigenvalue weighted by atomic mass is 79.9. The molecule has 1 amide bonds. The minimum Gasteiger partial charge on any atom is -0.338 e. The largest absolute Gasteiger partial charge is 0.338 e. The average molecular weight is 490 g/mol. The van der Waals surface area contributed by atoms with Crippen molar-refractivity contribution in [2.75, 3.05) is 18.4 Å². The predicted octanol–water partition coefficient (Wildman–Crippen LogP) is 5.31. The van der Waals surface area contributed by atoms with E-state index in [2.05, 4.69) is 36.3 Å². The van der Waals surface area contributed by atoms with E-state index in [4.69, 9.17) is 16.1 Å². The van der Waals surface area contributed by atoms with Crippen molar-refractivity contribution in [1.82, 2.24) is 15.0 Å². The van der Waals surface area contributed by atoms with Crippen LogP contribution in [0.5, 0.6) is 0 Å². The van der Waals surface area contributed by atoms with E-state index in [-0.39, 0.29) is 11.8 Å². The first-order valence-electron chi connectivity index (χ1n) is 9.86. The van der Waals surface area contributed by atoms with Gasteiger partial charge >= 0.3 is 0 Å². The fourth-order valence-corrected chi connectivity index (χ4v) is 4.10. The number of carbonyl (C=O) groups excluding carboxylic acids is 1. The second-order valence-electron chi connectivity index (χ2n) is 7.52. The number of rotatable bonds is 5. The number of aromatic nitrogens is 2. The van der Waals surface area contributed by atoms with Gasteiger partial charge in [-0.2, -0.15) is 4.98 Å². The van der Waals surface area contributed by atoms with Crippen molar-refractivity contribution in [3.05, 3.63) is 63.4 Å². The van der Waals surface area contributed by atoms with Crippen LogP contribution < -0.4 is 5.32 Å². The summed E-state index contributed by atoms with van der Waals surface area (Å²) in [5.41, 5.74) is 2.77. The summed E-state index contributed by atoms with van der Waals surface area (Å²) < 4.78 is 6.27. The molecule has 8 heteroatoms. The molecule has 0 spiro atoms. The zero-order valence-electron chi connectivity index (χ0n) is 16.6. The molecule has 6 nitrogen and oxygen atoms in total. The highest BCUT2D eigenvalue weighted by molar-refractivity contribution is 9.10. The summed E-state index contributed by atoms with van der Waals surface area (Å²) in [5, 5.41) is 7.67. The number of piperidine rings is 1. The Labute approximate surface area is 188 Å². The van der Waals surface area contributed by atoms with Crippen molar-refractivity contribution in [2.45, 2.75) is 26.3 Å². The van der Waals surface area contributed by atoms with Gasteiger partial charge in [-0.1, -0.05) is 41.0 Å². The molecule has 4 rings (SSSR count).